The minimum atomic E-state index is -0.169. The number of nitrogens with one attached hydrogen (secondary N) is 1. The van der Waals surface area contributed by atoms with Crippen LogP contribution < -0.4 is 24.3 Å². The molecule has 0 radical (unpaired) electrons. The van der Waals surface area contributed by atoms with E-state index in [2.05, 4.69) is 5.32 Å². The Morgan fingerprint density at radius 1 is 0.800 bits per heavy atom. The normalized spacial score (nSPS) is 10.6. The summed E-state index contributed by atoms with van der Waals surface area (Å²) >= 11 is 0. The molecule has 4 rings (SSSR count). The molecule has 0 unspecified atom stereocenters. The van der Waals surface area contributed by atoms with Crippen molar-refractivity contribution in [3.63, 3.8) is 0 Å². The van der Waals surface area contributed by atoms with E-state index in [9.17, 15) is 4.79 Å². The zero-order valence-electron chi connectivity index (χ0n) is 20.3. The largest absolute Gasteiger partial charge is 0.497 e. The molecule has 0 saturated heterocycles. The first-order valence-corrected chi connectivity index (χ1v) is 11.2. The predicted octanol–water partition coefficient (Wildman–Crippen LogP) is 4.91. The Morgan fingerprint density at radius 2 is 1.57 bits per heavy atom. The van der Waals surface area contributed by atoms with Gasteiger partial charge in [0.15, 0.2) is 11.5 Å². The highest BCUT2D eigenvalue weighted by Crippen LogP contribution is 2.34. The van der Waals surface area contributed by atoms with Gasteiger partial charge in [-0.05, 0) is 48.4 Å². The van der Waals surface area contributed by atoms with Crippen LogP contribution in [0.1, 0.15) is 15.9 Å². The van der Waals surface area contributed by atoms with Crippen LogP contribution in [0.15, 0.2) is 66.7 Å². The zero-order chi connectivity index (χ0) is 24.8. The number of para-hydroxylation sites is 1. The van der Waals surface area contributed by atoms with Gasteiger partial charge in [-0.3, -0.25) is 4.79 Å². The molecule has 0 bridgehead atoms. The van der Waals surface area contributed by atoms with Gasteiger partial charge in [-0.25, -0.2) is 4.98 Å². The Labute approximate surface area is 204 Å². The molecule has 0 saturated carbocycles. The minimum absolute atomic E-state index is 0.169. The number of carbonyl (C=O) groups excluding carboxylic acids is 1. The lowest BCUT2D eigenvalue weighted by Crippen LogP contribution is -2.26. The maximum atomic E-state index is 13.3. The number of methoxy groups -OCH3 is 4. The number of hydrogen-bond acceptors (Lipinski definition) is 6. The number of rotatable bonds is 9. The zero-order valence-corrected chi connectivity index (χ0v) is 20.3. The maximum Gasteiger partial charge on any atom is 0.252 e. The summed E-state index contributed by atoms with van der Waals surface area (Å²) < 4.78 is 21.5. The van der Waals surface area contributed by atoms with E-state index in [0.717, 1.165) is 22.0 Å². The van der Waals surface area contributed by atoms with E-state index in [1.54, 1.807) is 40.6 Å². The molecule has 1 amide bonds. The Kier molecular flexibility index (Phi) is 7.35. The van der Waals surface area contributed by atoms with Gasteiger partial charge in [0.05, 0.1) is 45.2 Å². The lowest BCUT2D eigenvalue weighted by Gasteiger charge is -2.14. The molecule has 3 aromatic carbocycles. The monoisotopic (exact) mass is 472 g/mol. The van der Waals surface area contributed by atoms with E-state index >= 15 is 0 Å². The number of carbonyl (C=O) groups is 1. The maximum absolute atomic E-state index is 13.3. The van der Waals surface area contributed by atoms with Crippen molar-refractivity contribution in [2.24, 2.45) is 0 Å². The number of ether oxygens (including phenoxy) is 4. The molecule has 0 aliphatic rings. The first-order chi connectivity index (χ1) is 17.1. The van der Waals surface area contributed by atoms with E-state index in [-0.39, 0.29) is 5.91 Å². The Bertz CT molecular complexity index is 1350. The average molecular weight is 473 g/mol. The van der Waals surface area contributed by atoms with Gasteiger partial charge in [0.2, 0.25) is 0 Å². The molecule has 7 heteroatoms. The van der Waals surface area contributed by atoms with Gasteiger partial charge in [-0.2, -0.15) is 0 Å². The topological polar surface area (TPSA) is 78.9 Å². The smallest absolute Gasteiger partial charge is 0.252 e. The molecule has 0 aliphatic carbocycles. The SMILES string of the molecule is COc1ccc(-c2cc(C(=O)NCCc3ccc(OC)c(OC)c3)c3ccccc3n2)c(OC)c1. The molecule has 35 heavy (non-hydrogen) atoms. The van der Waals surface area contributed by atoms with Gasteiger partial charge in [0.25, 0.3) is 5.91 Å². The number of aromatic nitrogens is 1. The van der Waals surface area contributed by atoms with Crippen LogP contribution in [0.4, 0.5) is 0 Å². The minimum Gasteiger partial charge on any atom is -0.497 e. The van der Waals surface area contributed by atoms with E-state index < -0.39 is 0 Å². The molecular formula is C28H28N2O5. The van der Waals surface area contributed by atoms with Gasteiger partial charge in [0.1, 0.15) is 11.5 Å². The molecule has 1 N–H and O–H groups in total. The molecule has 1 heterocycles. The molecule has 0 atom stereocenters. The highest BCUT2D eigenvalue weighted by Gasteiger charge is 2.16. The summed E-state index contributed by atoms with van der Waals surface area (Å²) in [6.45, 7) is 0.464. The van der Waals surface area contributed by atoms with Crippen molar-refractivity contribution in [1.82, 2.24) is 10.3 Å². The van der Waals surface area contributed by atoms with Crippen LogP contribution in [0.2, 0.25) is 0 Å². The fourth-order valence-corrected chi connectivity index (χ4v) is 3.96. The van der Waals surface area contributed by atoms with Crippen molar-refractivity contribution >= 4 is 16.8 Å². The second-order valence-electron chi connectivity index (χ2n) is 7.83. The molecular weight excluding hydrogens is 444 g/mol. The predicted molar refractivity (Wildman–Crippen MR) is 136 cm³/mol. The fraction of sp³-hybridized carbons (Fsp3) is 0.214. The summed E-state index contributed by atoms with van der Waals surface area (Å²) in [5, 5.41) is 3.83. The van der Waals surface area contributed by atoms with Gasteiger partial charge in [-0.1, -0.05) is 24.3 Å². The van der Waals surface area contributed by atoms with Crippen molar-refractivity contribution in [3.8, 4) is 34.3 Å². The van der Waals surface area contributed by atoms with Crippen molar-refractivity contribution in [1.29, 1.82) is 0 Å². The Morgan fingerprint density at radius 3 is 2.31 bits per heavy atom. The molecule has 0 fully saturated rings. The van der Waals surface area contributed by atoms with Gasteiger partial charge >= 0.3 is 0 Å². The van der Waals surface area contributed by atoms with Gasteiger partial charge < -0.3 is 24.3 Å². The average Bonchev–Trinajstić information content (AvgIpc) is 2.91. The van der Waals surface area contributed by atoms with Crippen molar-refractivity contribution in [2.75, 3.05) is 35.0 Å². The van der Waals surface area contributed by atoms with Crippen LogP contribution in [-0.2, 0) is 6.42 Å². The van der Waals surface area contributed by atoms with Crippen LogP contribution in [-0.4, -0.2) is 45.9 Å². The second-order valence-corrected chi connectivity index (χ2v) is 7.83. The number of pyridine rings is 1. The molecule has 0 aliphatic heterocycles. The summed E-state index contributed by atoms with van der Waals surface area (Å²) in [5.41, 5.74) is 3.74. The van der Waals surface area contributed by atoms with E-state index in [4.69, 9.17) is 23.9 Å². The van der Waals surface area contributed by atoms with Crippen LogP contribution in [0.3, 0.4) is 0 Å². The van der Waals surface area contributed by atoms with E-state index in [0.29, 0.717) is 47.2 Å². The van der Waals surface area contributed by atoms with Crippen LogP contribution in [0.25, 0.3) is 22.2 Å². The van der Waals surface area contributed by atoms with Crippen LogP contribution in [0, 0.1) is 0 Å². The van der Waals surface area contributed by atoms with Gasteiger partial charge in [0, 0.05) is 23.6 Å². The first kappa shape index (κ1) is 23.9. The molecule has 7 nitrogen and oxygen atoms in total. The quantitative estimate of drug-likeness (QED) is 0.373. The second kappa shape index (κ2) is 10.8. The lowest BCUT2D eigenvalue weighted by molar-refractivity contribution is 0.0955. The summed E-state index contributed by atoms with van der Waals surface area (Å²) in [7, 11) is 6.41. The standard InChI is InChI=1S/C28H28N2O5/c1-32-19-10-11-21(26(16-19)34-3)24-17-22(20-7-5-6-8-23(20)30-24)28(31)29-14-13-18-9-12-25(33-2)27(15-18)35-4/h5-12,15-17H,13-14H2,1-4H3,(H,29,31). The highest BCUT2D eigenvalue weighted by atomic mass is 16.5. The van der Waals surface area contributed by atoms with Crippen LogP contribution in [0.5, 0.6) is 23.0 Å². The summed E-state index contributed by atoms with van der Waals surface area (Å²) in [6, 6.07) is 20.7. The fourth-order valence-electron chi connectivity index (χ4n) is 3.96. The third-order valence-corrected chi connectivity index (χ3v) is 5.79. The van der Waals surface area contributed by atoms with Crippen molar-refractivity contribution in [2.45, 2.75) is 6.42 Å². The summed E-state index contributed by atoms with van der Waals surface area (Å²) in [6.07, 6.45) is 0.647. The Balaban J connectivity index is 1.61. The summed E-state index contributed by atoms with van der Waals surface area (Å²) in [4.78, 5) is 18.1. The van der Waals surface area contributed by atoms with E-state index in [1.807, 2.05) is 54.6 Å². The molecule has 4 aromatic rings. The number of benzene rings is 3. The van der Waals surface area contributed by atoms with Crippen molar-refractivity contribution < 1.29 is 23.7 Å². The first-order valence-electron chi connectivity index (χ1n) is 11.2. The number of hydrogen-bond donors (Lipinski definition) is 1. The van der Waals surface area contributed by atoms with E-state index in [1.165, 1.54) is 0 Å². The number of fused-ring (bicyclic) bond motifs is 1. The highest BCUT2D eigenvalue weighted by molar-refractivity contribution is 6.07. The van der Waals surface area contributed by atoms with Gasteiger partial charge in [-0.15, -0.1) is 0 Å². The van der Waals surface area contributed by atoms with Crippen LogP contribution >= 0.6 is 0 Å². The number of amides is 1. The molecule has 180 valence electrons. The summed E-state index contributed by atoms with van der Waals surface area (Å²) in [5.74, 6) is 2.46. The van der Waals surface area contributed by atoms with Crippen molar-refractivity contribution in [3.05, 3.63) is 77.9 Å². The third kappa shape index (κ3) is 5.14. The lowest BCUT2D eigenvalue weighted by atomic mass is 10.0. The molecule has 1 aromatic heterocycles. The molecule has 0 spiro atoms. The third-order valence-electron chi connectivity index (χ3n) is 5.79. The number of nitrogens with zero attached hydrogens (tertiary/aromatic N) is 1. The Hall–Kier alpha value is -4.26.